The number of aliphatic carboxylic acids is 1. The molecule has 1 N–H and O–H groups in total. The quantitative estimate of drug-likeness (QED) is 0.831. The van der Waals surface area contributed by atoms with Crippen LogP contribution in [0.4, 0.5) is 0 Å². The summed E-state index contributed by atoms with van der Waals surface area (Å²) in [7, 11) is 0. The van der Waals surface area contributed by atoms with Crippen molar-refractivity contribution in [1.82, 2.24) is 19.6 Å². The van der Waals surface area contributed by atoms with Crippen LogP contribution in [0, 0.1) is 6.92 Å². The fraction of sp³-hybridized carbons (Fsp3) is 0.400. The van der Waals surface area contributed by atoms with E-state index in [0.717, 1.165) is 17.6 Å². The van der Waals surface area contributed by atoms with Crippen LogP contribution >= 0.6 is 11.8 Å². The Hall–Kier alpha value is -1.63. The van der Waals surface area contributed by atoms with Gasteiger partial charge in [-0.25, -0.2) is 4.98 Å². The van der Waals surface area contributed by atoms with Crippen LogP contribution < -0.4 is 0 Å². The molecule has 0 unspecified atom stereocenters. The van der Waals surface area contributed by atoms with E-state index in [1.165, 1.54) is 0 Å². The minimum atomic E-state index is -0.950. The number of rotatable bonds is 3. The molecule has 6 nitrogen and oxygen atoms in total. The summed E-state index contributed by atoms with van der Waals surface area (Å²) in [5.74, 6) is -0.139. The van der Waals surface area contributed by atoms with Gasteiger partial charge in [0.2, 0.25) is 0 Å². The topological polar surface area (TPSA) is 80.4 Å². The highest BCUT2D eigenvalue weighted by molar-refractivity contribution is 8.01. The molecule has 2 rings (SSSR count). The predicted molar refractivity (Wildman–Crippen MR) is 63.1 cm³/mol. The molecule has 90 valence electrons. The summed E-state index contributed by atoms with van der Waals surface area (Å²) in [5.41, 5.74) is 0.587. The Morgan fingerprint density at radius 2 is 2.18 bits per heavy atom. The first-order valence-corrected chi connectivity index (χ1v) is 5.82. The van der Waals surface area contributed by atoms with E-state index >= 15 is 0 Å². The Balaban J connectivity index is 2.46. The maximum atomic E-state index is 11.1. The number of hydrogen-bond acceptors (Lipinski definition) is 5. The molecule has 0 spiro atoms. The summed E-state index contributed by atoms with van der Waals surface area (Å²) in [6, 6.07) is 0. The SMILES string of the molecule is Cc1nnc2c(SC(C)(C)C(=O)O)nccn12. The largest absolute Gasteiger partial charge is 0.480 e. The Kier molecular flexibility index (Phi) is 2.78. The van der Waals surface area contributed by atoms with Crippen LogP contribution in [0.2, 0.25) is 0 Å². The Labute approximate surface area is 102 Å². The molecule has 0 saturated carbocycles. The van der Waals surface area contributed by atoms with Crippen molar-refractivity contribution in [3.8, 4) is 0 Å². The summed E-state index contributed by atoms with van der Waals surface area (Å²) in [4.78, 5) is 15.2. The monoisotopic (exact) mass is 252 g/mol. The second kappa shape index (κ2) is 3.99. The number of carbonyl (C=O) groups is 1. The Bertz CT molecular complexity index is 579. The van der Waals surface area contributed by atoms with E-state index in [0.29, 0.717) is 10.7 Å². The van der Waals surface area contributed by atoms with Gasteiger partial charge in [0.25, 0.3) is 0 Å². The number of carboxylic acids is 1. The molecule has 0 aliphatic heterocycles. The number of aromatic nitrogens is 4. The fourth-order valence-electron chi connectivity index (χ4n) is 1.28. The molecule has 2 aromatic rings. The van der Waals surface area contributed by atoms with Crippen LogP contribution in [-0.2, 0) is 4.79 Å². The van der Waals surface area contributed by atoms with Crippen molar-refractivity contribution in [3.63, 3.8) is 0 Å². The van der Waals surface area contributed by atoms with Crippen LogP contribution in [0.5, 0.6) is 0 Å². The van der Waals surface area contributed by atoms with Crippen molar-refractivity contribution < 1.29 is 9.90 Å². The lowest BCUT2D eigenvalue weighted by Gasteiger charge is -2.17. The Morgan fingerprint density at radius 3 is 2.82 bits per heavy atom. The summed E-state index contributed by atoms with van der Waals surface area (Å²) >= 11 is 1.16. The van der Waals surface area contributed by atoms with Crippen molar-refractivity contribution in [2.75, 3.05) is 0 Å². The molecule has 0 aliphatic rings. The first-order chi connectivity index (χ1) is 7.92. The second-order valence-electron chi connectivity index (χ2n) is 4.09. The first kappa shape index (κ1) is 11.8. The third kappa shape index (κ3) is 2.10. The van der Waals surface area contributed by atoms with Crippen molar-refractivity contribution in [2.24, 2.45) is 0 Å². The molecule has 17 heavy (non-hydrogen) atoms. The highest BCUT2D eigenvalue weighted by Gasteiger charge is 2.30. The molecule has 2 aromatic heterocycles. The average Bonchev–Trinajstić information content (AvgIpc) is 2.61. The van der Waals surface area contributed by atoms with Gasteiger partial charge in [-0.2, -0.15) is 0 Å². The lowest BCUT2D eigenvalue weighted by molar-refractivity contribution is -0.138. The molecule has 0 bridgehead atoms. The zero-order chi connectivity index (χ0) is 12.6. The predicted octanol–water partition coefficient (Wildman–Crippen LogP) is 1.39. The van der Waals surface area contributed by atoms with Gasteiger partial charge < -0.3 is 5.11 Å². The Morgan fingerprint density at radius 1 is 1.47 bits per heavy atom. The van der Waals surface area contributed by atoms with Crippen molar-refractivity contribution >= 4 is 23.4 Å². The van der Waals surface area contributed by atoms with Gasteiger partial charge in [0.15, 0.2) is 5.65 Å². The fourth-order valence-corrected chi connectivity index (χ4v) is 2.19. The van der Waals surface area contributed by atoms with Gasteiger partial charge in [0.1, 0.15) is 15.6 Å². The van der Waals surface area contributed by atoms with E-state index < -0.39 is 10.7 Å². The number of thioether (sulfide) groups is 1. The third-order valence-corrected chi connectivity index (χ3v) is 3.50. The molecule has 0 atom stereocenters. The number of aryl methyl sites for hydroxylation is 1. The molecule has 2 heterocycles. The smallest absolute Gasteiger partial charge is 0.319 e. The molecular weight excluding hydrogens is 240 g/mol. The van der Waals surface area contributed by atoms with Crippen LogP contribution in [0.1, 0.15) is 19.7 Å². The summed E-state index contributed by atoms with van der Waals surface area (Å²) < 4.78 is 0.835. The van der Waals surface area contributed by atoms with Crippen LogP contribution in [-0.4, -0.2) is 35.4 Å². The zero-order valence-corrected chi connectivity index (χ0v) is 10.5. The van der Waals surface area contributed by atoms with E-state index in [2.05, 4.69) is 15.2 Å². The van der Waals surface area contributed by atoms with Crippen LogP contribution in [0.25, 0.3) is 5.65 Å². The lowest BCUT2D eigenvalue weighted by atomic mass is 10.2. The van der Waals surface area contributed by atoms with Gasteiger partial charge in [-0.3, -0.25) is 9.20 Å². The number of hydrogen-bond donors (Lipinski definition) is 1. The number of nitrogens with zero attached hydrogens (tertiary/aromatic N) is 4. The van der Waals surface area contributed by atoms with E-state index in [4.69, 9.17) is 5.11 Å². The van der Waals surface area contributed by atoms with Gasteiger partial charge >= 0.3 is 5.97 Å². The number of fused-ring (bicyclic) bond motifs is 1. The molecule has 0 saturated heterocycles. The molecule has 0 amide bonds. The minimum absolute atomic E-state index is 0.570. The summed E-state index contributed by atoms with van der Waals surface area (Å²) in [6.45, 7) is 5.10. The van der Waals surface area contributed by atoms with Gasteiger partial charge in [0, 0.05) is 12.4 Å². The highest BCUT2D eigenvalue weighted by atomic mass is 32.2. The van der Waals surface area contributed by atoms with Crippen molar-refractivity contribution in [3.05, 3.63) is 18.2 Å². The van der Waals surface area contributed by atoms with E-state index in [1.807, 2.05) is 6.92 Å². The van der Waals surface area contributed by atoms with Gasteiger partial charge in [-0.1, -0.05) is 11.8 Å². The van der Waals surface area contributed by atoms with E-state index in [-0.39, 0.29) is 0 Å². The third-order valence-electron chi connectivity index (χ3n) is 2.33. The maximum Gasteiger partial charge on any atom is 0.319 e. The number of carboxylic acid groups (broad SMARTS) is 1. The first-order valence-electron chi connectivity index (χ1n) is 5.00. The molecular formula is C10H12N4O2S. The van der Waals surface area contributed by atoms with Crippen molar-refractivity contribution in [1.29, 1.82) is 0 Å². The van der Waals surface area contributed by atoms with Crippen molar-refractivity contribution in [2.45, 2.75) is 30.5 Å². The zero-order valence-electron chi connectivity index (χ0n) is 9.71. The molecule has 0 aliphatic carbocycles. The van der Waals surface area contributed by atoms with Gasteiger partial charge in [-0.05, 0) is 20.8 Å². The standard InChI is InChI=1S/C10H12N4O2S/c1-6-12-13-7-8(11-4-5-14(6)7)17-10(2,3)9(15)16/h4-5H,1-3H3,(H,15,16). The molecule has 0 fully saturated rings. The van der Waals surface area contributed by atoms with E-state index in [9.17, 15) is 4.79 Å². The average molecular weight is 252 g/mol. The molecule has 7 heteroatoms. The minimum Gasteiger partial charge on any atom is -0.480 e. The van der Waals surface area contributed by atoms with Gasteiger partial charge in [-0.15, -0.1) is 10.2 Å². The molecule has 0 aromatic carbocycles. The maximum absolute atomic E-state index is 11.1. The molecule has 0 radical (unpaired) electrons. The summed E-state index contributed by atoms with van der Waals surface area (Å²) in [5, 5.41) is 17.6. The normalized spacial score (nSPS) is 11.9. The highest BCUT2D eigenvalue weighted by Crippen LogP contribution is 2.33. The second-order valence-corrected chi connectivity index (χ2v) is 5.70. The lowest BCUT2D eigenvalue weighted by Crippen LogP contribution is -2.27. The van der Waals surface area contributed by atoms with Gasteiger partial charge in [0.05, 0.1) is 0 Å². The summed E-state index contributed by atoms with van der Waals surface area (Å²) in [6.07, 6.45) is 3.37. The van der Waals surface area contributed by atoms with E-state index in [1.54, 1.807) is 30.6 Å². The van der Waals surface area contributed by atoms with Crippen LogP contribution in [0.3, 0.4) is 0 Å². The van der Waals surface area contributed by atoms with Crippen LogP contribution in [0.15, 0.2) is 17.4 Å².